The van der Waals surface area contributed by atoms with Crippen molar-refractivity contribution in [3.8, 4) is 5.75 Å². The molecule has 0 aliphatic heterocycles. The Morgan fingerprint density at radius 1 is 1.37 bits per heavy atom. The minimum atomic E-state index is -4.98. The summed E-state index contributed by atoms with van der Waals surface area (Å²) in [6.45, 7) is 2.96. The Morgan fingerprint density at radius 2 is 1.95 bits per heavy atom. The van der Waals surface area contributed by atoms with Crippen molar-refractivity contribution in [1.29, 1.82) is 0 Å². The lowest BCUT2D eigenvalue weighted by Crippen LogP contribution is -2.26. The number of hydrogen-bond donors (Lipinski definition) is 1. The summed E-state index contributed by atoms with van der Waals surface area (Å²) >= 11 is 5.38. The molecule has 1 aromatic rings. The summed E-state index contributed by atoms with van der Waals surface area (Å²) < 4.78 is 65.7. The molecular formula is C10H9ClF3NO3S. The lowest BCUT2D eigenvalue weighted by atomic mass is 10.3. The highest BCUT2D eigenvalue weighted by molar-refractivity contribution is 7.89. The highest BCUT2D eigenvalue weighted by atomic mass is 35.5. The first kappa shape index (κ1) is 15.8. The van der Waals surface area contributed by atoms with Gasteiger partial charge in [-0.05, 0) is 12.1 Å². The van der Waals surface area contributed by atoms with Gasteiger partial charge in [0, 0.05) is 11.6 Å². The van der Waals surface area contributed by atoms with Crippen LogP contribution >= 0.6 is 11.6 Å². The molecule has 0 spiro atoms. The molecule has 106 valence electrons. The van der Waals surface area contributed by atoms with Crippen LogP contribution in [0.2, 0.25) is 0 Å². The lowest BCUT2D eigenvalue weighted by Gasteiger charge is -2.13. The predicted molar refractivity (Wildman–Crippen MR) is 63.3 cm³/mol. The minimum Gasteiger partial charge on any atom is -0.404 e. The number of alkyl halides is 3. The number of hydrogen-bond acceptors (Lipinski definition) is 3. The molecule has 0 radical (unpaired) electrons. The van der Waals surface area contributed by atoms with Crippen molar-refractivity contribution in [2.45, 2.75) is 11.3 Å². The summed E-state index contributed by atoms with van der Waals surface area (Å²) in [5, 5.41) is -0.00204. The molecule has 0 amide bonds. The van der Waals surface area contributed by atoms with Crippen LogP contribution < -0.4 is 9.46 Å². The fourth-order valence-electron chi connectivity index (χ4n) is 1.13. The van der Waals surface area contributed by atoms with Gasteiger partial charge in [-0.15, -0.1) is 13.2 Å². The van der Waals surface area contributed by atoms with Gasteiger partial charge >= 0.3 is 6.36 Å². The van der Waals surface area contributed by atoms with Gasteiger partial charge in [0.15, 0.2) is 0 Å². The molecule has 1 aromatic carbocycles. The van der Waals surface area contributed by atoms with Crippen molar-refractivity contribution in [3.05, 3.63) is 35.9 Å². The zero-order valence-corrected chi connectivity index (χ0v) is 10.9. The van der Waals surface area contributed by atoms with Gasteiger partial charge in [0.05, 0.1) is 0 Å². The van der Waals surface area contributed by atoms with Gasteiger partial charge in [0.25, 0.3) is 0 Å². The second kappa shape index (κ2) is 5.81. The fraction of sp³-hybridized carbons (Fsp3) is 0.200. The van der Waals surface area contributed by atoms with Crippen LogP contribution in [0, 0.1) is 0 Å². The molecule has 0 aliphatic carbocycles. The largest absolute Gasteiger partial charge is 0.573 e. The van der Waals surface area contributed by atoms with E-state index >= 15 is 0 Å². The summed E-state index contributed by atoms with van der Waals surface area (Å²) in [5.41, 5.74) is 0. The molecule has 4 nitrogen and oxygen atoms in total. The van der Waals surface area contributed by atoms with Crippen LogP contribution in [0.1, 0.15) is 0 Å². The van der Waals surface area contributed by atoms with Gasteiger partial charge in [-0.3, -0.25) is 0 Å². The maximum absolute atomic E-state index is 12.2. The summed E-state index contributed by atoms with van der Waals surface area (Å²) in [4.78, 5) is -0.634. The standard InChI is InChI=1S/C10H9ClF3NO3S/c1-7(11)6-15-19(16,17)9-5-3-2-4-8(9)18-10(12,13)14/h2-5,15H,1,6H2. The molecule has 0 bridgehead atoms. The molecule has 9 heteroatoms. The third-order valence-electron chi connectivity index (χ3n) is 1.82. The quantitative estimate of drug-likeness (QED) is 0.908. The van der Waals surface area contributed by atoms with Crippen LogP contribution in [0.25, 0.3) is 0 Å². The SMILES string of the molecule is C=C(Cl)CNS(=O)(=O)c1ccccc1OC(F)(F)F. The molecule has 19 heavy (non-hydrogen) atoms. The van der Waals surface area contributed by atoms with Crippen LogP contribution in [-0.4, -0.2) is 21.3 Å². The van der Waals surface area contributed by atoms with Crippen LogP contribution in [0.3, 0.4) is 0 Å². The third kappa shape index (κ3) is 5.09. The van der Waals surface area contributed by atoms with Crippen molar-refractivity contribution in [3.63, 3.8) is 0 Å². The van der Waals surface area contributed by atoms with Crippen LogP contribution in [-0.2, 0) is 10.0 Å². The second-order valence-corrected chi connectivity index (χ2v) is 5.61. The molecule has 1 N–H and O–H groups in total. The summed E-state index contributed by atoms with van der Waals surface area (Å²) in [7, 11) is -4.18. The number of para-hydroxylation sites is 1. The monoisotopic (exact) mass is 315 g/mol. The lowest BCUT2D eigenvalue weighted by molar-refractivity contribution is -0.275. The first-order valence-electron chi connectivity index (χ1n) is 4.79. The van der Waals surface area contributed by atoms with Crippen molar-refractivity contribution < 1.29 is 26.3 Å². The van der Waals surface area contributed by atoms with E-state index in [4.69, 9.17) is 11.6 Å². The van der Waals surface area contributed by atoms with E-state index in [-0.39, 0.29) is 11.6 Å². The summed E-state index contributed by atoms with van der Waals surface area (Å²) in [6.07, 6.45) is -4.98. The topological polar surface area (TPSA) is 55.4 Å². The van der Waals surface area contributed by atoms with Gasteiger partial charge in [0.1, 0.15) is 10.6 Å². The average Bonchev–Trinajstić information content (AvgIpc) is 2.25. The van der Waals surface area contributed by atoms with E-state index in [9.17, 15) is 21.6 Å². The van der Waals surface area contributed by atoms with Gasteiger partial charge in [0.2, 0.25) is 10.0 Å². The van der Waals surface area contributed by atoms with E-state index in [0.717, 1.165) is 12.1 Å². The maximum atomic E-state index is 12.2. The van der Waals surface area contributed by atoms with Crippen LogP contribution in [0.15, 0.2) is 40.8 Å². The predicted octanol–water partition coefficient (Wildman–Crippen LogP) is 2.62. The summed E-state index contributed by atoms with van der Waals surface area (Å²) in [6, 6.07) is 4.38. The smallest absolute Gasteiger partial charge is 0.404 e. The van der Waals surface area contributed by atoms with Crippen molar-refractivity contribution in [2.24, 2.45) is 0 Å². The van der Waals surface area contributed by atoms with E-state index in [2.05, 4.69) is 11.3 Å². The van der Waals surface area contributed by atoms with Crippen LogP contribution in [0.5, 0.6) is 5.75 Å². The molecule has 0 saturated heterocycles. The van der Waals surface area contributed by atoms with Crippen molar-refractivity contribution in [1.82, 2.24) is 4.72 Å². The number of sulfonamides is 1. The van der Waals surface area contributed by atoms with Crippen LogP contribution in [0.4, 0.5) is 13.2 Å². The molecule has 0 fully saturated rings. The Morgan fingerprint density at radius 3 is 2.47 bits per heavy atom. The first-order chi connectivity index (χ1) is 8.62. The molecule has 0 atom stereocenters. The zero-order valence-electron chi connectivity index (χ0n) is 9.37. The average molecular weight is 316 g/mol. The third-order valence-corrected chi connectivity index (χ3v) is 3.39. The highest BCUT2D eigenvalue weighted by Crippen LogP contribution is 2.29. The number of benzene rings is 1. The molecule has 0 unspecified atom stereocenters. The van der Waals surface area contributed by atoms with E-state index in [1.807, 2.05) is 4.72 Å². The molecule has 0 saturated carbocycles. The van der Waals surface area contributed by atoms with Gasteiger partial charge < -0.3 is 4.74 Å². The first-order valence-corrected chi connectivity index (χ1v) is 6.65. The molecule has 0 aromatic heterocycles. The van der Waals surface area contributed by atoms with Crippen molar-refractivity contribution in [2.75, 3.05) is 6.54 Å². The van der Waals surface area contributed by atoms with Gasteiger partial charge in [-0.1, -0.05) is 30.3 Å². The Bertz CT molecular complexity index is 572. The fourth-order valence-corrected chi connectivity index (χ4v) is 2.43. The number of nitrogens with one attached hydrogen (secondary N) is 1. The second-order valence-electron chi connectivity index (χ2n) is 3.34. The number of halogens is 4. The number of ether oxygens (including phenoxy) is 1. The van der Waals surface area contributed by atoms with E-state index in [1.165, 1.54) is 12.1 Å². The highest BCUT2D eigenvalue weighted by Gasteiger charge is 2.33. The van der Waals surface area contributed by atoms with E-state index < -0.39 is 27.0 Å². The molecule has 0 aliphatic rings. The molecule has 1 rings (SSSR count). The van der Waals surface area contributed by atoms with Gasteiger partial charge in [-0.2, -0.15) is 0 Å². The normalized spacial score (nSPS) is 12.2. The van der Waals surface area contributed by atoms with Gasteiger partial charge in [-0.25, -0.2) is 13.1 Å². The maximum Gasteiger partial charge on any atom is 0.573 e. The molecular weight excluding hydrogens is 307 g/mol. The summed E-state index contributed by atoms with van der Waals surface area (Å²) in [5.74, 6) is -0.817. The Kier molecular flexibility index (Phi) is 4.83. The van der Waals surface area contributed by atoms with E-state index in [0.29, 0.717) is 0 Å². The zero-order chi connectivity index (χ0) is 14.7. The Labute approximate surface area is 112 Å². The Balaban J connectivity index is 3.09. The molecule has 0 heterocycles. The minimum absolute atomic E-state index is 0.00204. The number of rotatable bonds is 5. The van der Waals surface area contributed by atoms with E-state index in [1.54, 1.807) is 0 Å². The van der Waals surface area contributed by atoms with Crippen molar-refractivity contribution >= 4 is 21.6 Å². The Hall–Kier alpha value is -1.25.